The molecule has 1 aromatic carbocycles. The standard InChI is InChI=1S/C15H9BrF4N4OS/c16-11-6-5-10(26-11)7-21-14(25)12-13(15(18,19)20)24(23-22-12)9-3-1-8(17)2-4-9/h1-6H,7H2,(H,21,25). The van der Waals surface area contributed by atoms with Crippen LogP contribution in [0.15, 0.2) is 40.2 Å². The monoisotopic (exact) mass is 448 g/mol. The fourth-order valence-corrected chi connectivity index (χ4v) is 3.57. The summed E-state index contributed by atoms with van der Waals surface area (Å²) in [5.41, 5.74) is -2.24. The maximum Gasteiger partial charge on any atom is 0.435 e. The van der Waals surface area contributed by atoms with Crippen molar-refractivity contribution in [2.45, 2.75) is 12.7 Å². The van der Waals surface area contributed by atoms with Crippen molar-refractivity contribution in [1.29, 1.82) is 0 Å². The van der Waals surface area contributed by atoms with Crippen LogP contribution in [0.3, 0.4) is 0 Å². The van der Waals surface area contributed by atoms with E-state index in [2.05, 4.69) is 31.6 Å². The summed E-state index contributed by atoms with van der Waals surface area (Å²) in [5.74, 6) is -1.61. The normalized spacial score (nSPS) is 11.6. The Bertz CT molecular complexity index is 936. The molecule has 26 heavy (non-hydrogen) atoms. The lowest BCUT2D eigenvalue weighted by Gasteiger charge is -2.11. The van der Waals surface area contributed by atoms with Crippen molar-refractivity contribution in [3.05, 3.63) is 62.3 Å². The molecule has 136 valence electrons. The first kappa shape index (κ1) is 18.5. The van der Waals surface area contributed by atoms with E-state index < -0.39 is 29.3 Å². The zero-order chi connectivity index (χ0) is 18.9. The number of amides is 1. The van der Waals surface area contributed by atoms with Crippen molar-refractivity contribution in [1.82, 2.24) is 20.3 Å². The summed E-state index contributed by atoms with van der Waals surface area (Å²) in [7, 11) is 0. The number of carbonyl (C=O) groups excluding carboxylic acids is 1. The molecule has 0 saturated heterocycles. The van der Waals surface area contributed by atoms with Gasteiger partial charge in [0.1, 0.15) is 5.82 Å². The van der Waals surface area contributed by atoms with E-state index >= 15 is 0 Å². The molecule has 1 amide bonds. The van der Waals surface area contributed by atoms with Crippen molar-refractivity contribution in [2.24, 2.45) is 0 Å². The van der Waals surface area contributed by atoms with E-state index in [0.29, 0.717) is 4.68 Å². The summed E-state index contributed by atoms with van der Waals surface area (Å²) in [5, 5.41) is 9.19. The zero-order valence-corrected chi connectivity index (χ0v) is 15.1. The minimum atomic E-state index is -4.88. The number of nitrogens with zero attached hydrogens (tertiary/aromatic N) is 3. The molecule has 3 rings (SSSR count). The van der Waals surface area contributed by atoms with Crippen molar-refractivity contribution >= 4 is 33.2 Å². The minimum absolute atomic E-state index is 0.0514. The van der Waals surface area contributed by atoms with Crippen LogP contribution in [-0.4, -0.2) is 20.9 Å². The zero-order valence-electron chi connectivity index (χ0n) is 12.7. The van der Waals surface area contributed by atoms with E-state index in [-0.39, 0.29) is 12.2 Å². The smallest absolute Gasteiger partial charge is 0.346 e. The molecule has 1 N–H and O–H groups in total. The molecule has 0 radical (unpaired) electrons. The fraction of sp³-hybridized carbons (Fsp3) is 0.133. The Kier molecular flexibility index (Phi) is 5.10. The summed E-state index contributed by atoms with van der Waals surface area (Å²) < 4.78 is 54.7. The Hall–Kier alpha value is -2.27. The highest BCUT2D eigenvalue weighted by atomic mass is 79.9. The summed E-state index contributed by atoms with van der Waals surface area (Å²) in [6.45, 7) is 0.0514. The van der Waals surface area contributed by atoms with Gasteiger partial charge in [-0.25, -0.2) is 9.07 Å². The lowest BCUT2D eigenvalue weighted by Crippen LogP contribution is -2.26. The molecule has 0 bridgehead atoms. The number of benzene rings is 1. The molecule has 0 aliphatic heterocycles. The predicted molar refractivity (Wildman–Crippen MR) is 89.5 cm³/mol. The molecule has 0 fully saturated rings. The van der Waals surface area contributed by atoms with Crippen LogP contribution >= 0.6 is 27.3 Å². The van der Waals surface area contributed by atoms with Gasteiger partial charge in [0.2, 0.25) is 0 Å². The van der Waals surface area contributed by atoms with E-state index in [4.69, 9.17) is 0 Å². The van der Waals surface area contributed by atoms with E-state index in [1.165, 1.54) is 11.3 Å². The summed E-state index contributed by atoms with van der Waals surface area (Å²) >= 11 is 4.60. The lowest BCUT2D eigenvalue weighted by atomic mass is 10.2. The highest BCUT2D eigenvalue weighted by Gasteiger charge is 2.42. The second-order valence-corrected chi connectivity index (χ2v) is 7.61. The Morgan fingerprint density at radius 2 is 1.88 bits per heavy atom. The van der Waals surface area contributed by atoms with Gasteiger partial charge >= 0.3 is 6.18 Å². The number of rotatable bonds is 4. The number of hydrogen-bond donors (Lipinski definition) is 1. The molecule has 5 nitrogen and oxygen atoms in total. The number of hydrogen-bond acceptors (Lipinski definition) is 4. The SMILES string of the molecule is O=C(NCc1ccc(Br)s1)c1nnn(-c2ccc(F)cc2)c1C(F)(F)F. The van der Waals surface area contributed by atoms with Crippen molar-refractivity contribution in [3.8, 4) is 5.69 Å². The van der Waals surface area contributed by atoms with Gasteiger partial charge in [-0.15, -0.1) is 16.4 Å². The fourth-order valence-electron chi connectivity index (χ4n) is 2.15. The van der Waals surface area contributed by atoms with Gasteiger partial charge in [0.25, 0.3) is 5.91 Å². The Labute approximate surface area is 156 Å². The van der Waals surface area contributed by atoms with Gasteiger partial charge in [-0.3, -0.25) is 4.79 Å². The van der Waals surface area contributed by atoms with Gasteiger partial charge in [-0.1, -0.05) is 5.21 Å². The summed E-state index contributed by atoms with van der Waals surface area (Å²) in [6.07, 6.45) is -4.88. The third-order valence-corrected chi connectivity index (χ3v) is 4.90. The van der Waals surface area contributed by atoms with Crippen LogP contribution in [0, 0.1) is 5.82 Å². The molecule has 0 saturated carbocycles. The van der Waals surface area contributed by atoms with Crippen LogP contribution in [0.25, 0.3) is 5.69 Å². The third kappa shape index (κ3) is 3.93. The topological polar surface area (TPSA) is 59.8 Å². The Morgan fingerprint density at radius 1 is 1.19 bits per heavy atom. The molecular formula is C15H9BrF4N4OS. The van der Waals surface area contributed by atoms with Crippen LogP contribution in [0.2, 0.25) is 0 Å². The molecule has 0 unspecified atom stereocenters. The van der Waals surface area contributed by atoms with Crippen molar-refractivity contribution < 1.29 is 22.4 Å². The number of thiophene rings is 1. The summed E-state index contributed by atoms with van der Waals surface area (Å²) in [4.78, 5) is 13.0. The minimum Gasteiger partial charge on any atom is -0.346 e. The number of aromatic nitrogens is 3. The highest BCUT2D eigenvalue weighted by Crippen LogP contribution is 2.32. The van der Waals surface area contributed by atoms with Crippen LogP contribution in [-0.2, 0) is 12.7 Å². The number of carbonyl (C=O) groups is 1. The second kappa shape index (κ2) is 7.16. The molecule has 2 aromatic heterocycles. The first-order valence-corrected chi connectivity index (χ1v) is 8.68. The number of halogens is 5. The van der Waals surface area contributed by atoms with Crippen LogP contribution in [0.5, 0.6) is 0 Å². The number of alkyl halides is 3. The average molecular weight is 449 g/mol. The molecule has 3 aromatic rings. The first-order chi connectivity index (χ1) is 12.3. The number of nitrogens with one attached hydrogen (secondary N) is 1. The highest BCUT2D eigenvalue weighted by molar-refractivity contribution is 9.11. The summed E-state index contributed by atoms with van der Waals surface area (Å²) in [6, 6.07) is 7.71. The molecule has 0 spiro atoms. The van der Waals surface area contributed by atoms with Gasteiger partial charge in [0, 0.05) is 4.88 Å². The quantitative estimate of drug-likeness (QED) is 0.609. The predicted octanol–water partition coefficient (Wildman–Crippen LogP) is 4.18. The Morgan fingerprint density at radius 3 is 2.46 bits per heavy atom. The Balaban J connectivity index is 1.91. The van der Waals surface area contributed by atoms with Crippen LogP contribution in [0.4, 0.5) is 17.6 Å². The van der Waals surface area contributed by atoms with Crippen LogP contribution in [0.1, 0.15) is 21.1 Å². The van der Waals surface area contributed by atoms with Gasteiger partial charge in [0.15, 0.2) is 11.4 Å². The average Bonchev–Trinajstić information content (AvgIpc) is 3.19. The molecular weight excluding hydrogens is 440 g/mol. The third-order valence-electron chi connectivity index (χ3n) is 3.28. The van der Waals surface area contributed by atoms with Crippen LogP contribution < -0.4 is 5.32 Å². The van der Waals surface area contributed by atoms with E-state index in [0.717, 1.165) is 32.9 Å². The molecule has 0 aliphatic carbocycles. The molecule has 2 heterocycles. The maximum atomic E-state index is 13.5. The van der Waals surface area contributed by atoms with Gasteiger partial charge in [-0.05, 0) is 52.3 Å². The first-order valence-electron chi connectivity index (χ1n) is 7.07. The molecule has 11 heteroatoms. The van der Waals surface area contributed by atoms with Crippen molar-refractivity contribution in [2.75, 3.05) is 0 Å². The van der Waals surface area contributed by atoms with E-state index in [9.17, 15) is 22.4 Å². The molecule has 0 atom stereocenters. The van der Waals surface area contributed by atoms with E-state index in [1.54, 1.807) is 12.1 Å². The van der Waals surface area contributed by atoms with Gasteiger partial charge in [0.05, 0.1) is 16.0 Å². The van der Waals surface area contributed by atoms with Crippen molar-refractivity contribution in [3.63, 3.8) is 0 Å². The van der Waals surface area contributed by atoms with Gasteiger partial charge in [-0.2, -0.15) is 13.2 Å². The second-order valence-electron chi connectivity index (χ2n) is 5.06. The largest absolute Gasteiger partial charge is 0.435 e. The lowest BCUT2D eigenvalue weighted by molar-refractivity contribution is -0.143. The van der Waals surface area contributed by atoms with Gasteiger partial charge < -0.3 is 5.32 Å². The van der Waals surface area contributed by atoms with E-state index in [1.807, 2.05) is 0 Å². The molecule has 0 aliphatic rings. The maximum absolute atomic E-state index is 13.5.